The highest BCUT2D eigenvalue weighted by atomic mass is 32.2. The first-order valence-corrected chi connectivity index (χ1v) is 26.5. The molecule has 19 heteroatoms. The van der Waals surface area contributed by atoms with Crippen molar-refractivity contribution < 1.29 is 27.6 Å². The second kappa shape index (κ2) is 39.7. The third-order valence-corrected chi connectivity index (χ3v) is 17.9. The minimum atomic E-state index is -5.72. The highest BCUT2D eigenvalue weighted by Crippen LogP contribution is 2.19. The molecule has 0 radical (unpaired) electrons. The first kappa shape index (κ1) is 63.2. The zero-order valence-corrected chi connectivity index (χ0v) is 42.9. The van der Waals surface area contributed by atoms with Crippen molar-refractivity contribution in [1.82, 2.24) is 38.7 Å². The Bertz CT molecular complexity index is 638. The Morgan fingerprint density at radius 3 is 0.464 bits per heavy atom. The summed E-state index contributed by atoms with van der Waals surface area (Å²) in [5, 5.41) is 0. The van der Waals surface area contributed by atoms with Crippen LogP contribution in [0.15, 0.2) is 0 Å². The third-order valence-electron chi connectivity index (χ3n) is 8.66. The maximum absolute atomic E-state index is 10.7. The van der Waals surface area contributed by atoms with Gasteiger partial charge in [0.2, 0.25) is 0 Å². The molecule has 0 heterocycles. The van der Waals surface area contributed by atoms with Crippen molar-refractivity contribution in [2.45, 2.75) is 131 Å². The van der Waals surface area contributed by atoms with Gasteiger partial charge in [-0.1, -0.05) is 38.7 Å². The second-order valence-electron chi connectivity index (χ2n) is 11.6. The minimum absolute atomic E-state index is 0.162. The van der Waals surface area contributed by atoms with E-state index in [0.717, 1.165) is 118 Å². The van der Waals surface area contributed by atoms with Crippen LogP contribution in [0.4, 0.5) is 8.78 Å². The van der Waals surface area contributed by atoms with Gasteiger partial charge in [0.1, 0.15) is 0 Å². The number of hydrogen-bond acceptors (Lipinski definition) is 13. The van der Waals surface area contributed by atoms with Gasteiger partial charge < -0.3 is 18.8 Å². The van der Waals surface area contributed by atoms with Crippen LogP contribution < -0.4 is 14.4 Å². The normalized spacial score (nSPS) is 12.4. The zero-order valence-electron chi connectivity index (χ0n) is 39.4. The molecule has 0 aliphatic carbocycles. The standard InChI is InChI=1S/3C12H30N3S.CHF2O4Si/c3*1-7-13(8-2)16(14(9-3)10-4)15(11-5)12-6;2-1(3)7-8(4,5)6/h3*7-12H2,1-6H3;1H/q3*+1;-3. The van der Waals surface area contributed by atoms with E-state index < -0.39 is 15.7 Å². The van der Waals surface area contributed by atoms with E-state index in [2.05, 4.69) is 168 Å². The summed E-state index contributed by atoms with van der Waals surface area (Å²) in [5.74, 6) is 0. The molecular weight excluding hydrogens is 797 g/mol. The number of nitrogens with zero attached hydrogens (tertiary/aromatic N) is 9. The van der Waals surface area contributed by atoms with E-state index in [4.69, 9.17) is 0 Å². The van der Waals surface area contributed by atoms with Gasteiger partial charge in [-0.05, 0) is 125 Å². The van der Waals surface area contributed by atoms with E-state index in [1.165, 1.54) is 0 Å². The largest absolute Gasteiger partial charge is 0.861 e. The molecule has 0 aromatic rings. The van der Waals surface area contributed by atoms with Crippen molar-refractivity contribution in [2.24, 2.45) is 0 Å². The molecule has 56 heavy (non-hydrogen) atoms. The summed E-state index contributed by atoms with van der Waals surface area (Å²) in [6, 6.07) is 0. The molecule has 0 N–H and O–H groups in total. The fraction of sp³-hybridized carbons (Fsp3) is 1.00. The first-order valence-electron chi connectivity index (χ1n) is 21.6. The van der Waals surface area contributed by atoms with Gasteiger partial charge in [-0.3, -0.25) is 0 Å². The lowest BCUT2D eigenvalue weighted by atomic mass is 10.7. The van der Waals surface area contributed by atoms with E-state index in [1.807, 2.05) is 0 Å². The average Bonchev–Trinajstić information content (AvgIpc) is 3.18. The van der Waals surface area contributed by atoms with Crippen molar-refractivity contribution in [3.8, 4) is 0 Å². The highest BCUT2D eigenvalue weighted by Gasteiger charge is 2.41. The summed E-state index contributed by atoms with van der Waals surface area (Å²) in [5.41, 5.74) is 0. The summed E-state index contributed by atoms with van der Waals surface area (Å²) in [6.45, 7) is 57.5. The molecule has 0 aliphatic heterocycles. The molecule has 0 fully saturated rings. The van der Waals surface area contributed by atoms with E-state index in [1.54, 1.807) is 0 Å². The van der Waals surface area contributed by atoms with Crippen molar-refractivity contribution in [1.29, 1.82) is 0 Å². The molecule has 0 unspecified atom stereocenters. The van der Waals surface area contributed by atoms with E-state index in [9.17, 15) is 23.2 Å². The van der Waals surface area contributed by atoms with Crippen molar-refractivity contribution in [2.75, 3.05) is 118 Å². The average molecular weight is 888 g/mol. The fourth-order valence-electron chi connectivity index (χ4n) is 5.67. The predicted octanol–water partition coefficient (Wildman–Crippen LogP) is 3.87. The number of rotatable bonds is 29. The monoisotopic (exact) mass is 888 g/mol. The molecule has 0 bridgehead atoms. The predicted molar refractivity (Wildman–Crippen MR) is 241 cm³/mol. The maximum Gasteiger partial charge on any atom is 0.332 e. The Kier molecular flexibility index (Phi) is 44.9. The second-order valence-corrected chi connectivity index (χ2v) is 19.0. The lowest BCUT2D eigenvalue weighted by Gasteiger charge is -2.53. The quantitative estimate of drug-likeness (QED) is 0.0803. The van der Waals surface area contributed by atoms with E-state index >= 15 is 0 Å². The Hall–Kier alpha value is 0.607. The highest BCUT2D eigenvalue weighted by molar-refractivity contribution is 7.90. The molecule has 0 aromatic carbocycles. The lowest BCUT2D eigenvalue weighted by molar-refractivity contribution is -0.549. The van der Waals surface area contributed by atoms with E-state index in [-0.39, 0.29) is 34.4 Å². The van der Waals surface area contributed by atoms with Gasteiger partial charge in [-0.25, -0.2) is 0 Å². The molecule has 0 atom stereocenters. The van der Waals surface area contributed by atoms with Crippen LogP contribution in [0.25, 0.3) is 0 Å². The third kappa shape index (κ3) is 26.1. The lowest BCUT2D eigenvalue weighted by Crippen LogP contribution is -2.75. The maximum atomic E-state index is 10.7. The molecule has 0 amide bonds. The Morgan fingerprint density at radius 2 is 0.429 bits per heavy atom. The first-order chi connectivity index (χ1) is 26.5. The van der Waals surface area contributed by atoms with Crippen LogP contribution in [0.2, 0.25) is 0 Å². The molecule has 0 aliphatic rings. The zero-order chi connectivity index (χ0) is 44.4. The van der Waals surface area contributed by atoms with Gasteiger partial charge in [-0.2, -0.15) is 8.78 Å². The van der Waals surface area contributed by atoms with Crippen LogP contribution in [-0.4, -0.2) is 172 Å². The summed E-state index contributed by atoms with van der Waals surface area (Å²) < 4.78 is 47.2. The molecule has 13 nitrogen and oxygen atoms in total. The van der Waals surface area contributed by atoms with Gasteiger partial charge in [0, 0.05) is 118 Å². The Labute approximate surface area is 357 Å². The minimum Gasteiger partial charge on any atom is -0.861 e. The molecule has 344 valence electrons. The van der Waals surface area contributed by atoms with Gasteiger partial charge in [0.15, 0.2) is 0 Å². The van der Waals surface area contributed by atoms with Gasteiger partial charge >= 0.3 is 6.61 Å². The Balaban J connectivity index is -0.000000330. The molecule has 0 saturated carbocycles. The summed E-state index contributed by atoms with van der Waals surface area (Å²) in [6.07, 6.45) is 0. The summed E-state index contributed by atoms with van der Waals surface area (Å²) >= 11 is 0.486. The van der Waals surface area contributed by atoms with Crippen molar-refractivity contribution >= 4 is 43.4 Å². The van der Waals surface area contributed by atoms with Gasteiger partial charge in [0.25, 0.3) is 34.4 Å². The van der Waals surface area contributed by atoms with Crippen LogP contribution in [0.3, 0.4) is 0 Å². The van der Waals surface area contributed by atoms with E-state index in [0.29, 0.717) is 0 Å². The number of alkyl halides is 2. The molecular formula is C37H91F2N9O4S3Si. The van der Waals surface area contributed by atoms with Crippen LogP contribution in [0.5, 0.6) is 0 Å². The van der Waals surface area contributed by atoms with Crippen molar-refractivity contribution in [3.05, 3.63) is 0 Å². The molecule has 0 rings (SSSR count). The molecule has 0 saturated heterocycles. The molecule has 0 aromatic heterocycles. The van der Waals surface area contributed by atoms with Gasteiger partial charge in [-0.15, -0.1) is 9.05 Å². The van der Waals surface area contributed by atoms with Crippen LogP contribution in [0.1, 0.15) is 125 Å². The van der Waals surface area contributed by atoms with Gasteiger partial charge in [0.05, 0.1) is 0 Å². The van der Waals surface area contributed by atoms with Crippen LogP contribution in [-0.2, 0) is 38.8 Å². The Morgan fingerprint density at radius 1 is 0.321 bits per heavy atom. The SMILES string of the molecule is CCN(CC)[S+](N(CC)CC)N(CC)CC.CCN(CC)[S+](N(CC)CC)N(CC)CC.CCN(CC)[S+](N(CC)CC)N(CC)CC.[O-][Si]([O-])([O-])OC(F)F. The summed E-state index contributed by atoms with van der Waals surface area (Å²) in [7, 11) is -5.72. The topological polar surface area (TPSA) is 108 Å². The van der Waals surface area contributed by atoms with Crippen LogP contribution >= 0.6 is 0 Å². The summed E-state index contributed by atoms with van der Waals surface area (Å²) in [4.78, 5) is 27.7. The number of halogens is 2. The van der Waals surface area contributed by atoms with Crippen molar-refractivity contribution in [3.63, 3.8) is 0 Å². The molecule has 0 spiro atoms. The number of hydrogen-bond donors (Lipinski definition) is 0. The fourth-order valence-corrected chi connectivity index (χ4v) is 13.0. The smallest absolute Gasteiger partial charge is 0.332 e. The van der Waals surface area contributed by atoms with Crippen LogP contribution in [0, 0.1) is 0 Å².